The molecule has 2 aliphatic rings. The minimum absolute atomic E-state index is 0.0667. The molecule has 1 amide bonds. The molecule has 2 unspecified atom stereocenters. The van der Waals surface area contributed by atoms with Gasteiger partial charge in [0, 0.05) is 17.8 Å². The van der Waals surface area contributed by atoms with Gasteiger partial charge in [0.2, 0.25) is 0 Å². The summed E-state index contributed by atoms with van der Waals surface area (Å²) < 4.78 is 5.59. The minimum atomic E-state index is -0.226. The first kappa shape index (κ1) is 17.1. The molecule has 1 aromatic heterocycles. The van der Waals surface area contributed by atoms with Crippen molar-refractivity contribution in [2.45, 2.75) is 44.4 Å². The zero-order chi connectivity index (χ0) is 17.9. The molecule has 1 fully saturated rings. The molecule has 1 saturated heterocycles. The molecule has 3 heterocycles. The number of fused-ring (bicyclic) bond motifs is 2. The molecular formula is C21H21ClN2O2. The first-order valence-corrected chi connectivity index (χ1v) is 9.41. The third-order valence-corrected chi connectivity index (χ3v) is 5.46. The van der Waals surface area contributed by atoms with E-state index in [1.54, 1.807) is 6.20 Å². The van der Waals surface area contributed by atoms with Crippen LogP contribution in [-0.4, -0.2) is 28.1 Å². The van der Waals surface area contributed by atoms with Crippen molar-refractivity contribution in [3.63, 3.8) is 0 Å². The molecule has 4 rings (SSSR count). The quantitative estimate of drug-likeness (QED) is 0.709. The summed E-state index contributed by atoms with van der Waals surface area (Å²) in [6, 6.07) is 13.9. The van der Waals surface area contributed by atoms with Gasteiger partial charge in [0.25, 0.3) is 0 Å². The monoisotopic (exact) mass is 368 g/mol. The number of halogens is 1. The Labute approximate surface area is 158 Å². The number of nitrogens with zero attached hydrogens (tertiary/aromatic N) is 2. The van der Waals surface area contributed by atoms with E-state index < -0.39 is 0 Å². The average Bonchev–Trinajstić information content (AvgIpc) is 2.66. The van der Waals surface area contributed by atoms with E-state index in [2.05, 4.69) is 11.1 Å². The zero-order valence-corrected chi connectivity index (χ0v) is 15.2. The maximum absolute atomic E-state index is 12.7. The Bertz CT molecular complexity index is 822. The maximum Gasteiger partial charge on any atom is 0.410 e. The van der Waals surface area contributed by atoms with Crippen LogP contribution in [0, 0.1) is 0 Å². The standard InChI is InChI=1S/C21H21ClN2O2/c22-20-19(10-5-11-23-20)16-12-17-8-4-9-18(13-16)24(17)21(25)26-14-15-6-2-1-3-7-15/h1-3,5-7,10-12,17-18H,4,8-9,13-14H2. The number of pyridine rings is 1. The van der Waals surface area contributed by atoms with Gasteiger partial charge in [0.05, 0.1) is 6.04 Å². The Balaban J connectivity index is 1.51. The van der Waals surface area contributed by atoms with Crippen molar-refractivity contribution in [3.05, 3.63) is 71.0 Å². The summed E-state index contributed by atoms with van der Waals surface area (Å²) >= 11 is 6.27. The van der Waals surface area contributed by atoms with E-state index in [9.17, 15) is 4.79 Å². The van der Waals surface area contributed by atoms with E-state index in [1.165, 1.54) is 5.57 Å². The Morgan fingerprint density at radius 1 is 1.19 bits per heavy atom. The lowest BCUT2D eigenvalue weighted by Crippen LogP contribution is -2.51. The maximum atomic E-state index is 12.7. The Hall–Kier alpha value is -2.33. The van der Waals surface area contributed by atoms with E-state index in [1.807, 2.05) is 47.4 Å². The van der Waals surface area contributed by atoms with Crippen molar-refractivity contribution in [1.82, 2.24) is 9.88 Å². The van der Waals surface area contributed by atoms with E-state index in [0.717, 1.165) is 36.8 Å². The fraction of sp³-hybridized carbons (Fsp3) is 0.333. The highest BCUT2D eigenvalue weighted by Gasteiger charge is 2.38. The summed E-state index contributed by atoms with van der Waals surface area (Å²) in [6.07, 6.45) is 7.51. The highest BCUT2D eigenvalue weighted by atomic mass is 35.5. The second-order valence-electron chi connectivity index (χ2n) is 6.84. The number of benzene rings is 1. The lowest BCUT2D eigenvalue weighted by molar-refractivity contribution is 0.0510. The molecule has 2 atom stereocenters. The van der Waals surface area contributed by atoms with E-state index in [-0.39, 0.29) is 18.2 Å². The van der Waals surface area contributed by atoms with Crippen LogP contribution in [0.4, 0.5) is 4.79 Å². The predicted molar refractivity (Wildman–Crippen MR) is 102 cm³/mol. The first-order chi connectivity index (χ1) is 12.7. The number of rotatable bonds is 3. The van der Waals surface area contributed by atoms with Gasteiger partial charge in [0.1, 0.15) is 11.8 Å². The van der Waals surface area contributed by atoms with Crippen LogP contribution in [0.2, 0.25) is 5.15 Å². The molecule has 5 heteroatoms. The summed E-state index contributed by atoms with van der Waals surface area (Å²) in [5.41, 5.74) is 3.16. The number of carbonyl (C=O) groups is 1. The van der Waals surface area contributed by atoms with Crippen molar-refractivity contribution < 1.29 is 9.53 Å². The third-order valence-electron chi connectivity index (χ3n) is 5.16. The SMILES string of the molecule is O=C(OCc1ccccc1)N1C2C=C(c3cccnc3Cl)CC1CCC2. The Morgan fingerprint density at radius 3 is 2.81 bits per heavy atom. The molecule has 1 aromatic carbocycles. The van der Waals surface area contributed by atoms with Gasteiger partial charge in [-0.1, -0.05) is 54.1 Å². The van der Waals surface area contributed by atoms with Gasteiger partial charge in [0.15, 0.2) is 0 Å². The Morgan fingerprint density at radius 2 is 2.04 bits per heavy atom. The number of hydrogen-bond donors (Lipinski definition) is 0. The summed E-state index contributed by atoms with van der Waals surface area (Å²) in [5.74, 6) is 0. The number of carbonyl (C=O) groups excluding carboxylic acids is 1. The molecule has 2 aromatic rings. The lowest BCUT2D eigenvalue weighted by Gasteiger charge is -2.44. The fourth-order valence-corrected chi connectivity index (χ4v) is 4.17. The van der Waals surface area contributed by atoms with Crippen LogP contribution in [0.15, 0.2) is 54.7 Å². The summed E-state index contributed by atoms with van der Waals surface area (Å²) in [7, 11) is 0. The van der Waals surface area contributed by atoms with Crippen LogP contribution in [-0.2, 0) is 11.3 Å². The number of hydrogen-bond acceptors (Lipinski definition) is 3. The number of ether oxygens (including phenoxy) is 1. The molecule has 0 aliphatic carbocycles. The van der Waals surface area contributed by atoms with Crippen LogP contribution >= 0.6 is 11.6 Å². The second-order valence-corrected chi connectivity index (χ2v) is 7.20. The normalized spacial score (nSPS) is 21.9. The van der Waals surface area contributed by atoms with Crippen LogP contribution in [0.3, 0.4) is 0 Å². The van der Waals surface area contributed by atoms with E-state index in [4.69, 9.17) is 16.3 Å². The van der Waals surface area contributed by atoms with Crippen molar-refractivity contribution in [1.29, 1.82) is 0 Å². The molecule has 2 bridgehead atoms. The van der Waals surface area contributed by atoms with Crippen LogP contribution in [0.25, 0.3) is 5.57 Å². The van der Waals surface area contributed by atoms with Crippen molar-refractivity contribution in [3.8, 4) is 0 Å². The number of aromatic nitrogens is 1. The van der Waals surface area contributed by atoms with Gasteiger partial charge in [-0.3, -0.25) is 4.90 Å². The first-order valence-electron chi connectivity index (χ1n) is 9.03. The summed E-state index contributed by atoms with van der Waals surface area (Å²) in [6.45, 7) is 0.306. The van der Waals surface area contributed by atoms with Crippen molar-refractivity contribution in [2.24, 2.45) is 0 Å². The number of piperidine rings is 1. The van der Waals surface area contributed by atoms with Gasteiger partial charge in [-0.25, -0.2) is 9.78 Å². The molecular weight excluding hydrogens is 348 g/mol. The van der Waals surface area contributed by atoms with Crippen molar-refractivity contribution in [2.75, 3.05) is 0 Å². The van der Waals surface area contributed by atoms with E-state index in [0.29, 0.717) is 11.8 Å². The summed E-state index contributed by atoms with van der Waals surface area (Å²) in [5, 5.41) is 0.525. The topological polar surface area (TPSA) is 42.4 Å². The Kier molecular flexibility index (Phi) is 4.93. The molecule has 134 valence electrons. The second kappa shape index (κ2) is 7.50. The van der Waals surface area contributed by atoms with Gasteiger partial charge in [-0.05, 0) is 42.9 Å². The van der Waals surface area contributed by atoms with Crippen LogP contribution < -0.4 is 0 Å². The van der Waals surface area contributed by atoms with Crippen molar-refractivity contribution >= 4 is 23.3 Å². The summed E-state index contributed by atoms with van der Waals surface area (Å²) in [4.78, 5) is 18.8. The van der Waals surface area contributed by atoms with Crippen LogP contribution in [0.1, 0.15) is 36.8 Å². The molecule has 2 aliphatic heterocycles. The predicted octanol–water partition coefficient (Wildman–Crippen LogP) is 5.08. The number of amides is 1. The smallest absolute Gasteiger partial charge is 0.410 e. The van der Waals surface area contributed by atoms with Gasteiger partial charge < -0.3 is 4.74 Å². The molecule has 4 nitrogen and oxygen atoms in total. The highest BCUT2D eigenvalue weighted by molar-refractivity contribution is 6.31. The van der Waals surface area contributed by atoms with Gasteiger partial charge in [-0.2, -0.15) is 0 Å². The third kappa shape index (κ3) is 3.47. The van der Waals surface area contributed by atoms with E-state index >= 15 is 0 Å². The molecule has 0 saturated carbocycles. The van der Waals surface area contributed by atoms with Crippen LogP contribution in [0.5, 0.6) is 0 Å². The molecule has 0 spiro atoms. The largest absolute Gasteiger partial charge is 0.445 e. The molecule has 0 N–H and O–H groups in total. The lowest BCUT2D eigenvalue weighted by atomic mass is 9.83. The average molecular weight is 369 g/mol. The fourth-order valence-electron chi connectivity index (χ4n) is 3.93. The minimum Gasteiger partial charge on any atom is -0.445 e. The molecule has 26 heavy (non-hydrogen) atoms. The highest BCUT2D eigenvalue weighted by Crippen LogP contribution is 2.38. The van der Waals surface area contributed by atoms with Gasteiger partial charge in [-0.15, -0.1) is 0 Å². The molecule has 0 radical (unpaired) electrons. The zero-order valence-electron chi connectivity index (χ0n) is 14.5. The van der Waals surface area contributed by atoms with Gasteiger partial charge >= 0.3 is 6.09 Å².